The Morgan fingerprint density at radius 1 is 1.43 bits per heavy atom. The molecule has 2 aliphatic rings. The Morgan fingerprint density at radius 2 is 2.36 bits per heavy atom. The van der Waals surface area contributed by atoms with E-state index < -0.39 is 0 Å². The summed E-state index contributed by atoms with van der Waals surface area (Å²) in [5.74, 6) is 0.954. The van der Waals surface area contributed by atoms with Crippen LogP contribution in [0.4, 0.5) is 0 Å². The van der Waals surface area contributed by atoms with Crippen molar-refractivity contribution in [2.45, 2.75) is 18.9 Å². The minimum Gasteiger partial charge on any atom is -0.331 e. The molecule has 1 aromatic rings. The van der Waals surface area contributed by atoms with Crippen LogP contribution in [0.3, 0.4) is 0 Å². The lowest BCUT2D eigenvalue weighted by atomic mass is 10.3. The Bertz CT molecular complexity index is 357. The zero-order chi connectivity index (χ0) is 9.38. The number of nitrogens with one attached hydrogen (secondary N) is 1. The fourth-order valence-corrected chi connectivity index (χ4v) is 1.64. The Labute approximate surface area is 81.9 Å². The van der Waals surface area contributed by atoms with Crippen LogP contribution in [0.1, 0.15) is 18.5 Å². The number of hydrazone groups is 1. The third kappa shape index (κ3) is 1.21. The van der Waals surface area contributed by atoms with Gasteiger partial charge in [-0.25, -0.2) is 9.97 Å². The molecule has 0 aromatic carbocycles. The molecule has 0 spiro atoms. The highest BCUT2D eigenvalue weighted by molar-refractivity contribution is 5.97. The highest BCUT2D eigenvalue weighted by Gasteiger charge is 2.34. The molecule has 1 saturated carbocycles. The van der Waals surface area contributed by atoms with Crippen LogP contribution in [0.5, 0.6) is 0 Å². The lowest BCUT2D eigenvalue weighted by molar-refractivity contribution is 0.416. The Hall–Kier alpha value is -1.65. The fourth-order valence-electron chi connectivity index (χ4n) is 1.64. The van der Waals surface area contributed by atoms with Crippen molar-refractivity contribution >= 4 is 5.84 Å². The zero-order valence-corrected chi connectivity index (χ0v) is 7.72. The first-order valence-corrected chi connectivity index (χ1v) is 4.79. The van der Waals surface area contributed by atoms with Crippen molar-refractivity contribution in [2.75, 3.05) is 6.67 Å². The average Bonchev–Trinajstić information content (AvgIpc) is 2.98. The SMILES string of the molecule is c1cc(C2=NNCN2C2CC2)ncn1. The molecule has 0 atom stereocenters. The molecule has 5 heteroatoms. The van der Waals surface area contributed by atoms with E-state index in [0.717, 1.165) is 18.2 Å². The van der Waals surface area contributed by atoms with Crippen LogP contribution in [-0.2, 0) is 0 Å². The highest BCUT2D eigenvalue weighted by atomic mass is 15.5. The number of amidine groups is 1. The first kappa shape index (κ1) is 7.73. The van der Waals surface area contributed by atoms with E-state index in [1.54, 1.807) is 12.5 Å². The lowest BCUT2D eigenvalue weighted by Gasteiger charge is -2.17. The second-order valence-electron chi connectivity index (χ2n) is 3.55. The van der Waals surface area contributed by atoms with Crippen LogP contribution in [-0.4, -0.2) is 33.4 Å². The molecule has 1 aliphatic heterocycles. The molecule has 2 heterocycles. The summed E-state index contributed by atoms with van der Waals surface area (Å²) in [6.45, 7) is 0.810. The van der Waals surface area contributed by atoms with E-state index in [2.05, 4.69) is 25.4 Å². The normalized spacial score (nSPS) is 20.6. The quantitative estimate of drug-likeness (QED) is 0.720. The summed E-state index contributed by atoms with van der Waals surface area (Å²) in [5.41, 5.74) is 3.90. The van der Waals surface area contributed by atoms with Gasteiger partial charge in [0, 0.05) is 12.2 Å². The van der Waals surface area contributed by atoms with Gasteiger partial charge in [0.25, 0.3) is 0 Å². The average molecular weight is 189 g/mol. The van der Waals surface area contributed by atoms with Crippen LogP contribution in [0.25, 0.3) is 0 Å². The van der Waals surface area contributed by atoms with Gasteiger partial charge in [-0.05, 0) is 18.9 Å². The van der Waals surface area contributed by atoms with Gasteiger partial charge in [-0.3, -0.25) is 5.43 Å². The van der Waals surface area contributed by atoms with Gasteiger partial charge >= 0.3 is 0 Å². The smallest absolute Gasteiger partial charge is 0.176 e. The maximum atomic E-state index is 4.25. The number of aromatic nitrogens is 2. The van der Waals surface area contributed by atoms with Gasteiger partial charge in [-0.1, -0.05) is 0 Å². The number of nitrogens with zero attached hydrogens (tertiary/aromatic N) is 4. The van der Waals surface area contributed by atoms with Crippen LogP contribution < -0.4 is 5.43 Å². The predicted molar refractivity (Wildman–Crippen MR) is 51.4 cm³/mol. The largest absolute Gasteiger partial charge is 0.331 e. The van der Waals surface area contributed by atoms with Crippen molar-refractivity contribution in [3.8, 4) is 0 Å². The van der Waals surface area contributed by atoms with Gasteiger partial charge in [0.05, 0.1) is 0 Å². The monoisotopic (exact) mass is 189 g/mol. The first-order valence-electron chi connectivity index (χ1n) is 4.79. The Morgan fingerprint density at radius 3 is 3.07 bits per heavy atom. The fraction of sp³-hybridized carbons (Fsp3) is 0.444. The van der Waals surface area contributed by atoms with Crippen molar-refractivity contribution in [3.63, 3.8) is 0 Å². The van der Waals surface area contributed by atoms with Crippen molar-refractivity contribution in [1.29, 1.82) is 0 Å². The summed E-state index contributed by atoms with van der Waals surface area (Å²) in [5, 5.41) is 4.25. The second kappa shape index (κ2) is 2.94. The summed E-state index contributed by atoms with van der Waals surface area (Å²) < 4.78 is 0. The van der Waals surface area contributed by atoms with Gasteiger partial charge in [0.1, 0.15) is 18.7 Å². The molecule has 1 aromatic heterocycles. The summed E-state index contributed by atoms with van der Waals surface area (Å²) in [6.07, 6.45) is 5.84. The van der Waals surface area contributed by atoms with Crippen molar-refractivity contribution in [1.82, 2.24) is 20.3 Å². The molecule has 0 unspecified atom stereocenters. The van der Waals surface area contributed by atoms with Crippen molar-refractivity contribution < 1.29 is 0 Å². The van der Waals surface area contributed by atoms with Gasteiger partial charge in [0.2, 0.25) is 0 Å². The van der Waals surface area contributed by atoms with Crippen molar-refractivity contribution in [3.05, 3.63) is 24.3 Å². The van der Waals surface area contributed by atoms with Gasteiger partial charge in [0.15, 0.2) is 5.84 Å². The van der Waals surface area contributed by atoms with Gasteiger partial charge in [-0.15, -0.1) is 0 Å². The Kier molecular flexibility index (Phi) is 1.62. The van der Waals surface area contributed by atoms with Gasteiger partial charge in [-0.2, -0.15) is 5.10 Å². The summed E-state index contributed by atoms with van der Waals surface area (Å²) in [6, 6.07) is 2.56. The van der Waals surface area contributed by atoms with E-state index in [-0.39, 0.29) is 0 Å². The number of rotatable bonds is 2. The van der Waals surface area contributed by atoms with Crippen molar-refractivity contribution in [2.24, 2.45) is 5.10 Å². The Balaban J connectivity index is 1.90. The molecule has 3 rings (SSSR count). The minimum atomic E-state index is 0.665. The van der Waals surface area contributed by atoms with E-state index in [0.29, 0.717) is 6.04 Å². The molecular weight excluding hydrogens is 178 g/mol. The molecular formula is C9H11N5. The lowest BCUT2D eigenvalue weighted by Crippen LogP contribution is -2.32. The van der Waals surface area contributed by atoms with Crippen LogP contribution in [0.15, 0.2) is 23.7 Å². The third-order valence-electron chi connectivity index (χ3n) is 2.50. The highest BCUT2D eigenvalue weighted by Crippen LogP contribution is 2.28. The third-order valence-corrected chi connectivity index (χ3v) is 2.50. The second-order valence-corrected chi connectivity index (χ2v) is 3.55. The topological polar surface area (TPSA) is 53.4 Å². The standard InChI is InChI=1S/C9H11N5/c1-2-7(1)14-6-12-13-9(14)8-3-4-10-5-11-8/h3-5,7,12H,1-2,6H2. The summed E-state index contributed by atoms with van der Waals surface area (Å²) >= 11 is 0. The van der Waals surface area contributed by atoms with Crippen LogP contribution in [0.2, 0.25) is 0 Å². The molecule has 1 N–H and O–H groups in total. The van der Waals surface area contributed by atoms with E-state index in [4.69, 9.17) is 0 Å². The van der Waals surface area contributed by atoms with E-state index in [9.17, 15) is 0 Å². The van der Waals surface area contributed by atoms with Gasteiger partial charge < -0.3 is 4.90 Å². The van der Waals surface area contributed by atoms with E-state index in [1.165, 1.54) is 12.8 Å². The number of hydrogen-bond acceptors (Lipinski definition) is 5. The van der Waals surface area contributed by atoms with E-state index >= 15 is 0 Å². The first-order chi connectivity index (χ1) is 6.95. The summed E-state index contributed by atoms with van der Waals surface area (Å²) in [7, 11) is 0. The van der Waals surface area contributed by atoms with Crippen LogP contribution >= 0.6 is 0 Å². The maximum absolute atomic E-state index is 4.25. The minimum absolute atomic E-state index is 0.665. The van der Waals surface area contributed by atoms with Crippen LogP contribution in [0, 0.1) is 0 Å². The molecule has 0 saturated heterocycles. The predicted octanol–water partition coefficient (Wildman–Crippen LogP) is 0.163. The molecule has 0 bridgehead atoms. The van der Waals surface area contributed by atoms with E-state index in [1.807, 2.05) is 6.07 Å². The molecule has 1 fully saturated rings. The maximum Gasteiger partial charge on any atom is 0.176 e. The molecule has 14 heavy (non-hydrogen) atoms. The molecule has 0 radical (unpaired) electrons. The molecule has 5 nitrogen and oxygen atoms in total. The number of hydrogen-bond donors (Lipinski definition) is 1. The molecule has 72 valence electrons. The molecule has 0 amide bonds. The molecule has 1 aliphatic carbocycles. The zero-order valence-electron chi connectivity index (χ0n) is 7.72. The summed E-state index contributed by atoms with van der Waals surface area (Å²) in [4.78, 5) is 10.4.